The van der Waals surface area contributed by atoms with E-state index in [-0.39, 0.29) is 17.9 Å². The normalized spacial score (nSPS) is 22.6. The van der Waals surface area contributed by atoms with E-state index >= 15 is 0 Å². The molecule has 4 unspecified atom stereocenters. The highest BCUT2D eigenvalue weighted by atomic mass is 19.1. The number of nitrogens with one attached hydrogen (secondary N) is 2. The van der Waals surface area contributed by atoms with Crippen molar-refractivity contribution in [3.8, 4) is 17.4 Å². The summed E-state index contributed by atoms with van der Waals surface area (Å²) in [7, 11) is 0. The van der Waals surface area contributed by atoms with Crippen LogP contribution in [0.4, 0.5) is 4.39 Å². The van der Waals surface area contributed by atoms with Crippen molar-refractivity contribution >= 4 is 11.8 Å². The van der Waals surface area contributed by atoms with Gasteiger partial charge in [0.15, 0.2) is 0 Å². The minimum absolute atomic E-state index is 0.141. The van der Waals surface area contributed by atoms with E-state index in [0.29, 0.717) is 66.9 Å². The lowest BCUT2D eigenvalue weighted by atomic mass is 9.98. The van der Waals surface area contributed by atoms with Gasteiger partial charge in [-0.1, -0.05) is 12.1 Å². The Balaban J connectivity index is 1.06. The Bertz CT molecular complexity index is 1410. The van der Waals surface area contributed by atoms with E-state index < -0.39 is 11.9 Å². The van der Waals surface area contributed by atoms with E-state index in [0.717, 1.165) is 25.0 Å². The molecule has 4 atom stereocenters. The molecule has 4 heterocycles. The van der Waals surface area contributed by atoms with Crippen LogP contribution in [0.2, 0.25) is 0 Å². The average molecular weight is 517 g/mol. The highest BCUT2D eigenvalue weighted by Crippen LogP contribution is 2.35. The quantitative estimate of drug-likeness (QED) is 0.499. The molecule has 3 aromatic rings. The highest BCUT2D eigenvalue weighted by molar-refractivity contribution is 5.95. The molecule has 1 aromatic carbocycles. The molecule has 196 valence electrons. The van der Waals surface area contributed by atoms with Gasteiger partial charge in [-0.05, 0) is 61.8 Å². The molecular weight excluding hydrogens is 487 g/mol. The Morgan fingerprint density at radius 1 is 1.26 bits per heavy atom. The zero-order chi connectivity index (χ0) is 26.2. The second-order valence-electron chi connectivity index (χ2n) is 10.4. The second-order valence-corrected chi connectivity index (χ2v) is 10.4. The maximum absolute atomic E-state index is 15.0. The van der Waals surface area contributed by atoms with Gasteiger partial charge in [-0.2, -0.15) is 10.4 Å². The molecular formula is C28H29FN6O3. The van der Waals surface area contributed by atoms with Crippen molar-refractivity contribution in [1.29, 1.82) is 5.26 Å². The van der Waals surface area contributed by atoms with Gasteiger partial charge in [0.05, 0.1) is 36.5 Å². The summed E-state index contributed by atoms with van der Waals surface area (Å²) < 4.78 is 22.5. The van der Waals surface area contributed by atoms with Crippen LogP contribution in [0.3, 0.4) is 0 Å². The van der Waals surface area contributed by atoms with Crippen LogP contribution in [0.15, 0.2) is 47.2 Å². The molecule has 6 rings (SSSR count). The lowest BCUT2D eigenvalue weighted by molar-refractivity contribution is -0.124. The summed E-state index contributed by atoms with van der Waals surface area (Å²) in [5.41, 5.74) is 2.37. The van der Waals surface area contributed by atoms with Crippen molar-refractivity contribution in [3.63, 3.8) is 0 Å². The third-order valence-corrected chi connectivity index (χ3v) is 8.03. The van der Waals surface area contributed by atoms with E-state index in [4.69, 9.17) is 4.42 Å². The monoisotopic (exact) mass is 516 g/mol. The summed E-state index contributed by atoms with van der Waals surface area (Å²) in [5, 5.41) is 19.9. The molecule has 3 aliphatic rings. The first kappa shape index (κ1) is 24.4. The number of benzene rings is 1. The maximum Gasteiger partial charge on any atom is 0.257 e. The molecule has 2 aromatic heterocycles. The SMILES string of the molecule is N#CC(CCc1ccc(-c2cc(C(=O)N3CCn4nccc4C3)co2)cc1F)NC(=O)C1NC2CCC1C2. The molecule has 9 nitrogen and oxygen atoms in total. The fraction of sp³-hybridized carbons (Fsp3) is 0.429. The predicted molar refractivity (Wildman–Crippen MR) is 135 cm³/mol. The van der Waals surface area contributed by atoms with E-state index in [1.807, 2.05) is 10.7 Å². The van der Waals surface area contributed by atoms with Crippen LogP contribution in [0.5, 0.6) is 0 Å². The number of hydrogen-bond acceptors (Lipinski definition) is 6. The summed E-state index contributed by atoms with van der Waals surface area (Å²) in [6.45, 7) is 1.67. The van der Waals surface area contributed by atoms with Crippen molar-refractivity contribution in [3.05, 3.63) is 65.4 Å². The van der Waals surface area contributed by atoms with Crippen LogP contribution in [0.1, 0.15) is 47.3 Å². The summed E-state index contributed by atoms with van der Waals surface area (Å²) in [5.74, 6) is 0.0363. The number of nitriles is 1. The zero-order valence-corrected chi connectivity index (χ0v) is 20.9. The van der Waals surface area contributed by atoms with Crippen molar-refractivity contribution in [1.82, 2.24) is 25.3 Å². The number of fused-ring (bicyclic) bond motifs is 3. The molecule has 2 aliphatic heterocycles. The summed E-state index contributed by atoms with van der Waals surface area (Å²) in [6.07, 6.45) is 6.91. The molecule has 1 aliphatic carbocycles. The number of piperidine rings is 1. The minimum atomic E-state index is -0.686. The standard InChI is InChI=1S/C28H29FN6O3/c29-24-12-18(25-13-20(16-38-25)28(37)34-9-10-35-23(15-34)7-8-31-35)2-1-17(24)3-6-22(14-30)33-27(36)26-19-4-5-21(11-19)32-26/h1-2,7-8,12-13,16,19,21-22,26,32H,3-6,9-11,15H2,(H,33,36). The molecule has 2 amide bonds. The first-order valence-electron chi connectivity index (χ1n) is 13.1. The molecule has 38 heavy (non-hydrogen) atoms. The Morgan fingerprint density at radius 2 is 2.16 bits per heavy atom. The van der Waals surface area contributed by atoms with Crippen LogP contribution >= 0.6 is 0 Å². The van der Waals surface area contributed by atoms with Crippen molar-refractivity contribution < 1.29 is 18.4 Å². The van der Waals surface area contributed by atoms with Crippen LogP contribution in [-0.4, -0.2) is 51.2 Å². The molecule has 2 bridgehead atoms. The number of aromatic nitrogens is 2. The number of nitrogens with zero attached hydrogens (tertiary/aromatic N) is 4. The smallest absolute Gasteiger partial charge is 0.257 e. The largest absolute Gasteiger partial charge is 0.464 e. The Labute approximate surface area is 219 Å². The van der Waals surface area contributed by atoms with E-state index in [1.54, 1.807) is 29.3 Å². The van der Waals surface area contributed by atoms with Gasteiger partial charge >= 0.3 is 0 Å². The lowest BCUT2D eigenvalue weighted by Gasteiger charge is -2.27. The first-order chi connectivity index (χ1) is 18.5. The van der Waals surface area contributed by atoms with Crippen LogP contribution in [-0.2, 0) is 24.3 Å². The van der Waals surface area contributed by atoms with Gasteiger partial charge in [0.2, 0.25) is 5.91 Å². The van der Waals surface area contributed by atoms with Gasteiger partial charge in [0.1, 0.15) is 23.9 Å². The van der Waals surface area contributed by atoms with Crippen molar-refractivity contribution in [2.24, 2.45) is 5.92 Å². The van der Waals surface area contributed by atoms with Gasteiger partial charge in [-0.25, -0.2) is 4.39 Å². The second kappa shape index (κ2) is 10.1. The van der Waals surface area contributed by atoms with Gasteiger partial charge in [0.25, 0.3) is 5.91 Å². The number of carbonyl (C=O) groups is 2. The van der Waals surface area contributed by atoms with Crippen LogP contribution in [0, 0.1) is 23.1 Å². The van der Waals surface area contributed by atoms with Gasteiger partial charge in [0, 0.05) is 24.3 Å². The average Bonchev–Trinajstić information content (AvgIpc) is 3.75. The van der Waals surface area contributed by atoms with Crippen LogP contribution in [0.25, 0.3) is 11.3 Å². The fourth-order valence-electron chi connectivity index (χ4n) is 5.93. The third kappa shape index (κ3) is 4.70. The lowest BCUT2D eigenvalue weighted by Crippen LogP contribution is -2.50. The maximum atomic E-state index is 15.0. The summed E-state index contributed by atoms with van der Waals surface area (Å²) in [6, 6.07) is 9.93. The van der Waals surface area contributed by atoms with E-state index in [2.05, 4.69) is 21.8 Å². The number of furan rings is 1. The Hall–Kier alpha value is -3.97. The highest BCUT2D eigenvalue weighted by Gasteiger charge is 2.43. The van der Waals surface area contributed by atoms with E-state index in [9.17, 15) is 19.2 Å². The van der Waals surface area contributed by atoms with Crippen LogP contribution < -0.4 is 10.6 Å². The first-order valence-corrected chi connectivity index (χ1v) is 13.1. The molecule has 1 saturated heterocycles. The van der Waals surface area contributed by atoms with Crippen molar-refractivity contribution in [2.75, 3.05) is 6.54 Å². The topological polar surface area (TPSA) is 116 Å². The van der Waals surface area contributed by atoms with Gasteiger partial charge < -0.3 is 20.0 Å². The fourth-order valence-corrected chi connectivity index (χ4v) is 5.93. The number of aryl methyl sites for hydroxylation is 1. The molecule has 10 heteroatoms. The number of carbonyl (C=O) groups excluding carboxylic acids is 2. The number of amides is 2. The Kier molecular flexibility index (Phi) is 6.45. The Morgan fingerprint density at radius 3 is 2.92 bits per heavy atom. The van der Waals surface area contributed by atoms with Gasteiger partial charge in [-0.15, -0.1) is 0 Å². The summed E-state index contributed by atoms with van der Waals surface area (Å²) in [4.78, 5) is 27.4. The summed E-state index contributed by atoms with van der Waals surface area (Å²) >= 11 is 0. The minimum Gasteiger partial charge on any atom is -0.464 e. The molecule has 0 spiro atoms. The molecule has 2 N–H and O–H groups in total. The molecule has 2 fully saturated rings. The number of hydrogen-bond donors (Lipinski definition) is 2. The number of rotatable bonds is 7. The van der Waals surface area contributed by atoms with Gasteiger partial charge in [-0.3, -0.25) is 14.3 Å². The molecule has 1 saturated carbocycles. The third-order valence-electron chi connectivity index (χ3n) is 8.03. The molecule has 0 radical (unpaired) electrons. The number of halogens is 1. The van der Waals surface area contributed by atoms with E-state index in [1.165, 1.54) is 12.3 Å². The predicted octanol–water partition coefficient (Wildman–Crippen LogP) is 3.02. The van der Waals surface area contributed by atoms with Crippen molar-refractivity contribution in [2.45, 2.75) is 63.3 Å². The zero-order valence-electron chi connectivity index (χ0n) is 20.9.